The lowest BCUT2D eigenvalue weighted by molar-refractivity contribution is -0.260. The zero-order valence-corrected chi connectivity index (χ0v) is 13.2. The molecule has 5 nitrogen and oxygen atoms in total. The number of benzene rings is 1. The molecule has 0 radical (unpaired) electrons. The third-order valence-corrected chi connectivity index (χ3v) is 6.09. The molecular weight excluding hydrogens is 280 g/mol. The summed E-state index contributed by atoms with van der Waals surface area (Å²) >= 11 is 0. The highest BCUT2D eigenvalue weighted by Gasteiger charge is 2.63. The summed E-state index contributed by atoms with van der Waals surface area (Å²) in [6, 6.07) is 4.86. The second kappa shape index (κ2) is 4.37. The molecule has 0 aromatic heterocycles. The van der Waals surface area contributed by atoms with E-state index in [0.29, 0.717) is 0 Å². The number of hydrogen-bond acceptors (Lipinski definition) is 5. The van der Waals surface area contributed by atoms with E-state index in [4.69, 9.17) is 0 Å². The van der Waals surface area contributed by atoms with Crippen LogP contribution in [-0.4, -0.2) is 57.4 Å². The van der Waals surface area contributed by atoms with Gasteiger partial charge in [-0.05, 0) is 18.6 Å². The van der Waals surface area contributed by atoms with Crippen molar-refractivity contribution in [3.63, 3.8) is 0 Å². The standard InChI is InChI=1S/C17H24N2O3/c1-3-17-9-18-7-16(2,15(17)22)8-19(10-17)14(18)12-5-4-11(20)6-13(12)21/h4-6,14-15,20-22H,3,7-10H2,1-2H3/t14?,15-,16?,17?/m0/s1. The molecule has 0 spiro atoms. The molecule has 0 aliphatic carbocycles. The Morgan fingerprint density at radius 3 is 2.32 bits per heavy atom. The Kier molecular flexibility index (Phi) is 2.84. The van der Waals surface area contributed by atoms with Crippen LogP contribution in [0.3, 0.4) is 0 Å². The van der Waals surface area contributed by atoms with E-state index in [2.05, 4.69) is 23.6 Å². The molecule has 3 atom stereocenters. The molecule has 1 aromatic carbocycles. The molecule has 4 bridgehead atoms. The molecule has 5 heteroatoms. The van der Waals surface area contributed by atoms with Crippen molar-refractivity contribution in [2.75, 3.05) is 26.2 Å². The fourth-order valence-electron chi connectivity index (χ4n) is 5.17. The topological polar surface area (TPSA) is 67.2 Å². The summed E-state index contributed by atoms with van der Waals surface area (Å²) in [5.41, 5.74) is 0.685. The molecule has 4 heterocycles. The minimum absolute atomic E-state index is 0.0425. The van der Waals surface area contributed by atoms with Crippen molar-refractivity contribution < 1.29 is 15.3 Å². The van der Waals surface area contributed by atoms with Crippen molar-refractivity contribution in [3.8, 4) is 11.5 Å². The number of aromatic hydroxyl groups is 2. The lowest BCUT2D eigenvalue weighted by atomic mass is 9.58. The van der Waals surface area contributed by atoms with Crippen molar-refractivity contribution in [2.24, 2.45) is 10.8 Å². The molecule has 1 aromatic rings. The lowest BCUT2D eigenvalue weighted by Crippen LogP contribution is -2.77. The van der Waals surface area contributed by atoms with Gasteiger partial charge in [0.15, 0.2) is 0 Å². The van der Waals surface area contributed by atoms with E-state index < -0.39 is 0 Å². The number of hydrogen-bond donors (Lipinski definition) is 3. The second-order valence-corrected chi connectivity index (χ2v) is 7.70. The van der Waals surface area contributed by atoms with Gasteiger partial charge in [-0.2, -0.15) is 0 Å². The van der Waals surface area contributed by atoms with Crippen molar-refractivity contribution in [1.29, 1.82) is 0 Å². The van der Waals surface area contributed by atoms with Crippen LogP contribution in [0.25, 0.3) is 0 Å². The normalized spacial score (nSPS) is 46.1. The maximum Gasteiger partial charge on any atom is 0.125 e. The summed E-state index contributed by atoms with van der Waals surface area (Å²) in [6.07, 6.45) is 0.748. The van der Waals surface area contributed by atoms with Crippen molar-refractivity contribution >= 4 is 0 Å². The minimum atomic E-state index is -0.258. The van der Waals surface area contributed by atoms with Gasteiger partial charge in [-0.3, -0.25) is 9.80 Å². The first-order chi connectivity index (χ1) is 10.4. The van der Waals surface area contributed by atoms with Crippen LogP contribution in [0.2, 0.25) is 0 Å². The molecule has 5 rings (SSSR count). The molecule has 22 heavy (non-hydrogen) atoms. The first-order valence-electron chi connectivity index (χ1n) is 8.07. The van der Waals surface area contributed by atoms with Crippen LogP contribution >= 0.6 is 0 Å². The quantitative estimate of drug-likeness (QED) is 0.773. The maximum absolute atomic E-state index is 10.8. The molecule has 2 unspecified atom stereocenters. The second-order valence-electron chi connectivity index (χ2n) is 7.70. The highest BCUT2D eigenvalue weighted by atomic mass is 16.3. The van der Waals surface area contributed by atoms with Gasteiger partial charge in [-0.25, -0.2) is 0 Å². The number of phenolic OH excluding ortho intramolecular Hbond substituents is 2. The molecule has 120 valence electrons. The summed E-state index contributed by atoms with van der Waals surface area (Å²) < 4.78 is 0. The van der Waals surface area contributed by atoms with Crippen LogP contribution < -0.4 is 0 Å². The Morgan fingerprint density at radius 1 is 1.14 bits per heavy atom. The summed E-state index contributed by atoms with van der Waals surface area (Å²) in [5, 5.41) is 30.6. The largest absolute Gasteiger partial charge is 0.508 e. The van der Waals surface area contributed by atoms with Crippen LogP contribution in [0.5, 0.6) is 11.5 Å². The molecule has 4 saturated heterocycles. The molecule has 0 amide bonds. The Bertz CT molecular complexity index is 602. The zero-order chi connectivity index (χ0) is 15.7. The summed E-state index contributed by atoms with van der Waals surface area (Å²) in [7, 11) is 0. The molecule has 4 fully saturated rings. The fourth-order valence-corrected chi connectivity index (χ4v) is 5.17. The van der Waals surface area contributed by atoms with Gasteiger partial charge in [0.25, 0.3) is 0 Å². The number of rotatable bonds is 2. The predicted molar refractivity (Wildman–Crippen MR) is 82.5 cm³/mol. The molecule has 4 aliphatic rings. The van der Waals surface area contributed by atoms with Crippen molar-refractivity contribution in [1.82, 2.24) is 9.80 Å². The van der Waals surface area contributed by atoms with Crippen LogP contribution in [0.4, 0.5) is 0 Å². The molecule has 0 saturated carbocycles. The van der Waals surface area contributed by atoms with Crippen LogP contribution in [0.15, 0.2) is 18.2 Å². The zero-order valence-electron chi connectivity index (χ0n) is 13.2. The van der Waals surface area contributed by atoms with E-state index in [1.165, 1.54) is 6.07 Å². The summed E-state index contributed by atoms with van der Waals surface area (Å²) in [4.78, 5) is 4.77. The van der Waals surface area contributed by atoms with Crippen molar-refractivity contribution in [2.45, 2.75) is 32.5 Å². The average Bonchev–Trinajstić information content (AvgIpc) is 2.45. The lowest BCUT2D eigenvalue weighted by Gasteiger charge is -2.69. The minimum Gasteiger partial charge on any atom is -0.508 e. The molecular formula is C17H24N2O3. The van der Waals surface area contributed by atoms with Gasteiger partial charge in [0.1, 0.15) is 11.5 Å². The van der Waals surface area contributed by atoms with E-state index in [1.807, 2.05) is 6.07 Å². The highest BCUT2D eigenvalue weighted by Crippen LogP contribution is 2.56. The average molecular weight is 304 g/mol. The van der Waals surface area contributed by atoms with Gasteiger partial charge >= 0.3 is 0 Å². The van der Waals surface area contributed by atoms with Gasteiger partial charge in [-0.15, -0.1) is 0 Å². The van der Waals surface area contributed by atoms with Gasteiger partial charge in [0.05, 0.1) is 12.3 Å². The number of nitrogens with zero attached hydrogens (tertiary/aromatic N) is 2. The van der Waals surface area contributed by atoms with Crippen molar-refractivity contribution in [3.05, 3.63) is 23.8 Å². The summed E-state index contributed by atoms with van der Waals surface area (Å²) in [6.45, 7) is 7.75. The number of aliphatic hydroxyl groups is 1. The Balaban J connectivity index is 1.75. The van der Waals surface area contributed by atoms with Crippen LogP contribution in [0, 0.1) is 10.8 Å². The van der Waals surface area contributed by atoms with E-state index in [9.17, 15) is 15.3 Å². The van der Waals surface area contributed by atoms with E-state index in [-0.39, 0.29) is 34.6 Å². The monoisotopic (exact) mass is 304 g/mol. The fraction of sp³-hybridized carbons (Fsp3) is 0.647. The third-order valence-electron chi connectivity index (χ3n) is 6.09. The van der Waals surface area contributed by atoms with Crippen LogP contribution in [0.1, 0.15) is 32.0 Å². The van der Waals surface area contributed by atoms with E-state index in [0.717, 1.165) is 38.2 Å². The highest BCUT2D eigenvalue weighted by molar-refractivity contribution is 5.41. The number of phenols is 2. The van der Waals surface area contributed by atoms with Gasteiger partial charge in [0, 0.05) is 48.6 Å². The number of aliphatic hydroxyl groups excluding tert-OH is 1. The molecule has 4 aliphatic heterocycles. The van der Waals surface area contributed by atoms with E-state index >= 15 is 0 Å². The van der Waals surface area contributed by atoms with E-state index in [1.54, 1.807) is 6.07 Å². The maximum atomic E-state index is 10.8. The van der Waals surface area contributed by atoms with Gasteiger partial charge < -0.3 is 15.3 Å². The first kappa shape index (κ1) is 14.3. The van der Waals surface area contributed by atoms with Crippen LogP contribution in [-0.2, 0) is 0 Å². The third kappa shape index (κ3) is 1.70. The summed E-state index contributed by atoms with van der Waals surface area (Å²) in [5.74, 6) is 0.233. The van der Waals surface area contributed by atoms with Gasteiger partial charge in [0.2, 0.25) is 0 Å². The Hall–Kier alpha value is -1.30. The number of piperidine rings is 2. The first-order valence-corrected chi connectivity index (χ1v) is 8.07. The SMILES string of the molecule is CCC12CN3CC(C)(CN(C1)C3c1ccc(O)cc1O)[C@@H]2O. The predicted octanol–water partition coefficient (Wildman–Crippen LogP) is 1.50. The smallest absolute Gasteiger partial charge is 0.125 e. The Labute approximate surface area is 130 Å². The van der Waals surface area contributed by atoms with Gasteiger partial charge in [-0.1, -0.05) is 13.8 Å². The Morgan fingerprint density at radius 2 is 1.77 bits per heavy atom. The molecule has 3 N–H and O–H groups in total.